The predicted octanol–water partition coefficient (Wildman–Crippen LogP) is 3.73. The van der Waals surface area contributed by atoms with E-state index in [4.69, 9.17) is 17.3 Å². The summed E-state index contributed by atoms with van der Waals surface area (Å²) < 4.78 is 12.7. The van der Waals surface area contributed by atoms with E-state index in [1.54, 1.807) is 30.3 Å². The number of halogens is 2. The van der Waals surface area contributed by atoms with E-state index >= 15 is 0 Å². The van der Waals surface area contributed by atoms with Crippen molar-refractivity contribution in [3.63, 3.8) is 0 Å². The minimum Gasteiger partial charge on any atom is -0.398 e. The molecular weight excluding hydrogens is 213 g/mol. The average Bonchev–Trinajstić information content (AvgIpc) is 2.23. The zero-order valence-electron chi connectivity index (χ0n) is 7.87. The van der Waals surface area contributed by atoms with Crippen molar-refractivity contribution in [1.29, 1.82) is 0 Å². The van der Waals surface area contributed by atoms with Crippen molar-refractivity contribution in [1.82, 2.24) is 0 Å². The number of hydrogen-bond donors (Lipinski definition) is 1. The highest BCUT2D eigenvalue weighted by Gasteiger charge is 2.03. The quantitative estimate of drug-likeness (QED) is 0.730. The van der Waals surface area contributed by atoms with Crippen LogP contribution in [0.5, 0.6) is 0 Å². The third-order valence-corrected chi connectivity index (χ3v) is 2.41. The Kier molecular flexibility index (Phi) is 2.60. The van der Waals surface area contributed by atoms with Crippen LogP contribution in [0.2, 0.25) is 5.02 Å². The molecule has 0 aliphatic rings. The van der Waals surface area contributed by atoms with Crippen LogP contribution in [0.4, 0.5) is 10.1 Å². The van der Waals surface area contributed by atoms with Gasteiger partial charge in [-0.15, -0.1) is 0 Å². The number of benzene rings is 2. The molecule has 0 saturated carbocycles. The van der Waals surface area contributed by atoms with E-state index in [0.29, 0.717) is 10.7 Å². The summed E-state index contributed by atoms with van der Waals surface area (Å²) in [4.78, 5) is 0. The van der Waals surface area contributed by atoms with Crippen molar-refractivity contribution < 1.29 is 4.39 Å². The Morgan fingerprint density at radius 3 is 2.33 bits per heavy atom. The summed E-state index contributed by atoms with van der Waals surface area (Å²) in [5.74, 6) is -0.264. The van der Waals surface area contributed by atoms with Gasteiger partial charge in [0.05, 0.1) is 0 Å². The Balaban J connectivity index is 2.53. The summed E-state index contributed by atoms with van der Waals surface area (Å²) in [5.41, 5.74) is 8.12. The molecule has 0 radical (unpaired) electrons. The second kappa shape index (κ2) is 3.91. The first-order chi connectivity index (χ1) is 7.16. The van der Waals surface area contributed by atoms with E-state index in [1.165, 1.54) is 12.1 Å². The molecule has 0 fully saturated rings. The van der Waals surface area contributed by atoms with E-state index in [2.05, 4.69) is 0 Å². The summed E-state index contributed by atoms with van der Waals surface area (Å²) in [6.45, 7) is 0. The lowest BCUT2D eigenvalue weighted by Crippen LogP contribution is -1.89. The molecule has 3 heteroatoms. The third-order valence-electron chi connectivity index (χ3n) is 2.17. The summed E-state index contributed by atoms with van der Waals surface area (Å²) >= 11 is 5.87. The maximum Gasteiger partial charge on any atom is 0.123 e. The summed E-state index contributed by atoms with van der Waals surface area (Å²) in [7, 11) is 0. The van der Waals surface area contributed by atoms with Crippen LogP contribution < -0.4 is 5.73 Å². The molecule has 0 atom stereocenters. The second-order valence-electron chi connectivity index (χ2n) is 3.24. The zero-order valence-corrected chi connectivity index (χ0v) is 8.63. The van der Waals surface area contributed by atoms with E-state index in [9.17, 15) is 4.39 Å². The van der Waals surface area contributed by atoms with Gasteiger partial charge < -0.3 is 5.73 Å². The normalized spacial score (nSPS) is 10.3. The van der Waals surface area contributed by atoms with Gasteiger partial charge in [-0.1, -0.05) is 23.7 Å². The molecule has 15 heavy (non-hydrogen) atoms. The average molecular weight is 222 g/mol. The number of anilines is 1. The Labute approximate surface area is 92.3 Å². The molecule has 0 saturated heterocycles. The first-order valence-electron chi connectivity index (χ1n) is 4.48. The van der Waals surface area contributed by atoms with Gasteiger partial charge in [-0.3, -0.25) is 0 Å². The van der Waals surface area contributed by atoms with Gasteiger partial charge in [0.2, 0.25) is 0 Å². The standard InChI is InChI=1S/C12H9ClFN/c13-9-3-6-12(15)11(7-9)8-1-4-10(14)5-2-8/h1-7H,15H2. The summed E-state index contributed by atoms with van der Waals surface area (Å²) in [6, 6.07) is 11.4. The third kappa shape index (κ3) is 2.10. The molecule has 0 unspecified atom stereocenters. The van der Waals surface area contributed by atoms with Crippen LogP contribution in [0.25, 0.3) is 11.1 Å². The minimum atomic E-state index is -0.264. The van der Waals surface area contributed by atoms with Gasteiger partial charge in [-0.05, 0) is 35.9 Å². The van der Waals surface area contributed by atoms with Crippen molar-refractivity contribution in [3.05, 3.63) is 53.3 Å². The first-order valence-corrected chi connectivity index (χ1v) is 4.85. The minimum absolute atomic E-state index is 0.264. The smallest absolute Gasteiger partial charge is 0.123 e. The fraction of sp³-hybridized carbons (Fsp3) is 0. The van der Waals surface area contributed by atoms with Gasteiger partial charge >= 0.3 is 0 Å². The SMILES string of the molecule is Nc1ccc(Cl)cc1-c1ccc(F)cc1. The highest BCUT2D eigenvalue weighted by Crippen LogP contribution is 2.28. The largest absolute Gasteiger partial charge is 0.398 e. The molecule has 1 nitrogen and oxygen atoms in total. The van der Waals surface area contributed by atoms with Crippen molar-refractivity contribution in [2.75, 3.05) is 5.73 Å². The van der Waals surface area contributed by atoms with E-state index in [0.717, 1.165) is 11.1 Å². The maximum absolute atomic E-state index is 12.7. The lowest BCUT2D eigenvalue weighted by atomic mass is 10.0. The van der Waals surface area contributed by atoms with Gasteiger partial charge in [-0.25, -0.2) is 4.39 Å². The molecule has 0 spiro atoms. The van der Waals surface area contributed by atoms with Gasteiger partial charge in [0, 0.05) is 16.3 Å². The van der Waals surface area contributed by atoms with E-state index < -0.39 is 0 Å². The lowest BCUT2D eigenvalue weighted by molar-refractivity contribution is 0.628. The van der Waals surface area contributed by atoms with Crippen LogP contribution in [0.1, 0.15) is 0 Å². The molecule has 0 aromatic heterocycles. The number of rotatable bonds is 1. The monoisotopic (exact) mass is 221 g/mol. The van der Waals surface area contributed by atoms with Crippen LogP contribution in [0.3, 0.4) is 0 Å². The Bertz CT molecular complexity index is 479. The summed E-state index contributed by atoms with van der Waals surface area (Å²) in [6.07, 6.45) is 0. The Morgan fingerprint density at radius 1 is 1.00 bits per heavy atom. The molecule has 2 aromatic carbocycles. The molecular formula is C12H9ClFN. The molecule has 2 rings (SSSR count). The molecule has 0 aliphatic carbocycles. The second-order valence-corrected chi connectivity index (χ2v) is 3.67. The van der Waals surface area contributed by atoms with E-state index in [1.807, 2.05) is 0 Å². The lowest BCUT2D eigenvalue weighted by Gasteiger charge is -2.06. The van der Waals surface area contributed by atoms with Crippen LogP contribution in [-0.2, 0) is 0 Å². The molecule has 76 valence electrons. The van der Waals surface area contributed by atoms with Crippen molar-refractivity contribution in [2.24, 2.45) is 0 Å². The number of nitrogens with two attached hydrogens (primary N) is 1. The molecule has 0 heterocycles. The van der Waals surface area contributed by atoms with Crippen molar-refractivity contribution >= 4 is 17.3 Å². The topological polar surface area (TPSA) is 26.0 Å². The van der Waals surface area contributed by atoms with E-state index in [-0.39, 0.29) is 5.82 Å². The molecule has 0 amide bonds. The molecule has 2 aromatic rings. The number of hydrogen-bond acceptors (Lipinski definition) is 1. The number of nitrogen functional groups attached to an aromatic ring is 1. The summed E-state index contributed by atoms with van der Waals surface area (Å²) in [5, 5.41) is 0.614. The van der Waals surface area contributed by atoms with Gasteiger partial charge in [-0.2, -0.15) is 0 Å². The fourth-order valence-corrected chi connectivity index (χ4v) is 1.58. The van der Waals surface area contributed by atoms with Crippen LogP contribution in [0, 0.1) is 5.82 Å². The molecule has 0 aliphatic heterocycles. The predicted molar refractivity (Wildman–Crippen MR) is 61.3 cm³/mol. The fourth-order valence-electron chi connectivity index (χ4n) is 1.41. The van der Waals surface area contributed by atoms with Crippen LogP contribution in [-0.4, -0.2) is 0 Å². The van der Waals surface area contributed by atoms with Crippen molar-refractivity contribution in [3.8, 4) is 11.1 Å². The van der Waals surface area contributed by atoms with Gasteiger partial charge in [0.15, 0.2) is 0 Å². The molecule has 2 N–H and O–H groups in total. The Hall–Kier alpha value is -1.54. The Morgan fingerprint density at radius 2 is 1.67 bits per heavy atom. The maximum atomic E-state index is 12.7. The highest BCUT2D eigenvalue weighted by atomic mass is 35.5. The zero-order chi connectivity index (χ0) is 10.8. The van der Waals surface area contributed by atoms with Crippen molar-refractivity contribution in [2.45, 2.75) is 0 Å². The molecule has 0 bridgehead atoms. The van der Waals surface area contributed by atoms with Gasteiger partial charge in [0.1, 0.15) is 5.82 Å². The first kappa shape index (κ1) is 9.99. The van der Waals surface area contributed by atoms with Crippen LogP contribution in [0.15, 0.2) is 42.5 Å². The van der Waals surface area contributed by atoms with Crippen LogP contribution >= 0.6 is 11.6 Å². The highest BCUT2D eigenvalue weighted by molar-refractivity contribution is 6.31. The van der Waals surface area contributed by atoms with Gasteiger partial charge in [0.25, 0.3) is 0 Å².